The zero-order valence-corrected chi connectivity index (χ0v) is 14.6. The van der Waals surface area contributed by atoms with Crippen LogP contribution in [0.15, 0.2) is 60.7 Å². The zero-order valence-electron chi connectivity index (χ0n) is 12.3. The number of nitrogen functional groups attached to an aromatic ring is 1. The molecule has 0 spiro atoms. The van der Waals surface area contributed by atoms with Gasteiger partial charge in [-0.25, -0.2) is 0 Å². The van der Waals surface area contributed by atoms with Crippen LogP contribution in [0, 0.1) is 0 Å². The van der Waals surface area contributed by atoms with Crippen LogP contribution in [0.3, 0.4) is 0 Å². The molecule has 3 rings (SSSR count). The molecule has 6 heteroatoms. The van der Waals surface area contributed by atoms with E-state index in [2.05, 4.69) is 0 Å². The first kappa shape index (κ1) is 16.8. The van der Waals surface area contributed by atoms with Crippen LogP contribution in [0.2, 0.25) is 15.1 Å². The van der Waals surface area contributed by atoms with Crippen LogP contribution in [0.25, 0.3) is 0 Å². The number of para-hydroxylation sites is 2. The Labute approximate surface area is 154 Å². The number of nitrogens with two attached hydrogens (primary N) is 1. The first-order valence-electron chi connectivity index (χ1n) is 6.98. The molecule has 0 bridgehead atoms. The molecule has 0 fully saturated rings. The number of halogens is 3. The third kappa shape index (κ3) is 3.70. The van der Waals surface area contributed by atoms with Crippen molar-refractivity contribution in [2.24, 2.45) is 0 Å². The summed E-state index contributed by atoms with van der Waals surface area (Å²) in [5, 5.41) is 1.29. The highest BCUT2D eigenvalue weighted by Crippen LogP contribution is 2.41. The van der Waals surface area contributed by atoms with E-state index in [1.165, 1.54) is 0 Å². The highest BCUT2D eigenvalue weighted by molar-refractivity contribution is 6.33. The van der Waals surface area contributed by atoms with E-state index in [1.54, 1.807) is 36.4 Å². The summed E-state index contributed by atoms with van der Waals surface area (Å²) in [4.78, 5) is 0. The Morgan fingerprint density at radius 1 is 0.583 bits per heavy atom. The molecule has 0 aliphatic heterocycles. The molecule has 122 valence electrons. The fourth-order valence-corrected chi connectivity index (χ4v) is 2.57. The van der Waals surface area contributed by atoms with Crippen LogP contribution < -0.4 is 15.2 Å². The number of ether oxygens (including phenoxy) is 2. The number of hydrogen-bond donors (Lipinski definition) is 1. The summed E-state index contributed by atoms with van der Waals surface area (Å²) in [6.45, 7) is 0. The predicted octanol–water partition coefficient (Wildman–Crippen LogP) is 6.81. The smallest absolute Gasteiger partial charge is 0.154 e. The molecule has 3 nitrogen and oxygen atoms in total. The monoisotopic (exact) mass is 379 g/mol. The van der Waals surface area contributed by atoms with E-state index in [-0.39, 0.29) is 0 Å². The van der Waals surface area contributed by atoms with E-state index in [9.17, 15) is 0 Å². The molecule has 2 N–H and O–H groups in total. The molecule has 0 heterocycles. The SMILES string of the molecule is Nc1cc(Cl)c(Oc2ccccc2Cl)cc1Oc1ccccc1Cl. The first-order chi connectivity index (χ1) is 11.5. The lowest BCUT2D eigenvalue weighted by Gasteiger charge is -2.14. The van der Waals surface area contributed by atoms with Crippen molar-refractivity contribution in [1.82, 2.24) is 0 Å². The quantitative estimate of drug-likeness (QED) is 0.505. The second-order valence-corrected chi connectivity index (χ2v) is 6.11. The second kappa shape index (κ2) is 7.22. The fourth-order valence-electron chi connectivity index (χ4n) is 2.01. The summed E-state index contributed by atoms with van der Waals surface area (Å²) in [7, 11) is 0. The molecule has 0 amide bonds. The van der Waals surface area contributed by atoms with Gasteiger partial charge in [0.1, 0.15) is 17.2 Å². The lowest BCUT2D eigenvalue weighted by molar-refractivity contribution is 0.462. The average Bonchev–Trinajstić information content (AvgIpc) is 2.56. The Balaban J connectivity index is 1.94. The van der Waals surface area contributed by atoms with Crippen molar-refractivity contribution in [2.75, 3.05) is 5.73 Å². The molecule has 0 saturated heterocycles. The maximum absolute atomic E-state index is 6.21. The topological polar surface area (TPSA) is 44.5 Å². The van der Waals surface area contributed by atoms with Gasteiger partial charge in [-0.05, 0) is 30.3 Å². The van der Waals surface area contributed by atoms with Crippen molar-refractivity contribution >= 4 is 40.5 Å². The van der Waals surface area contributed by atoms with Gasteiger partial charge in [0.05, 0.1) is 20.8 Å². The van der Waals surface area contributed by atoms with Gasteiger partial charge in [0.15, 0.2) is 5.75 Å². The Bertz CT molecular complexity index is 815. The average molecular weight is 381 g/mol. The molecule has 24 heavy (non-hydrogen) atoms. The maximum Gasteiger partial charge on any atom is 0.154 e. The van der Waals surface area contributed by atoms with Gasteiger partial charge in [-0.1, -0.05) is 59.1 Å². The highest BCUT2D eigenvalue weighted by atomic mass is 35.5. The van der Waals surface area contributed by atoms with E-state index in [1.807, 2.05) is 24.3 Å². The minimum atomic E-state index is 0.346. The normalized spacial score (nSPS) is 10.5. The summed E-state index contributed by atoms with van der Waals surface area (Å²) >= 11 is 18.4. The van der Waals surface area contributed by atoms with Crippen molar-refractivity contribution < 1.29 is 9.47 Å². The summed E-state index contributed by atoms with van der Waals surface area (Å²) in [5.74, 6) is 1.72. The lowest BCUT2D eigenvalue weighted by atomic mass is 10.2. The van der Waals surface area contributed by atoms with Crippen LogP contribution in [0.4, 0.5) is 5.69 Å². The zero-order chi connectivity index (χ0) is 17.1. The molecule has 3 aromatic rings. The molecule has 0 unspecified atom stereocenters. The van der Waals surface area contributed by atoms with E-state index in [0.717, 1.165) is 0 Å². The molecule has 0 aromatic heterocycles. The summed E-state index contributed by atoms with van der Waals surface area (Å²) < 4.78 is 11.5. The van der Waals surface area contributed by atoms with E-state index in [4.69, 9.17) is 50.0 Å². The Hall–Kier alpha value is -2.07. The van der Waals surface area contributed by atoms with Gasteiger partial charge < -0.3 is 15.2 Å². The van der Waals surface area contributed by atoms with Gasteiger partial charge in [0.2, 0.25) is 0 Å². The number of rotatable bonds is 4. The van der Waals surface area contributed by atoms with Crippen LogP contribution in [-0.2, 0) is 0 Å². The van der Waals surface area contributed by atoms with Crippen LogP contribution in [-0.4, -0.2) is 0 Å². The second-order valence-electron chi connectivity index (χ2n) is 4.89. The molecule has 3 aromatic carbocycles. The molecule has 0 aliphatic rings. The van der Waals surface area contributed by atoms with Gasteiger partial charge in [0.25, 0.3) is 0 Å². The molecule has 0 radical (unpaired) electrons. The van der Waals surface area contributed by atoms with Gasteiger partial charge in [-0.2, -0.15) is 0 Å². The third-order valence-electron chi connectivity index (χ3n) is 3.18. The van der Waals surface area contributed by atoms with Crippen molar-refractivity contribution in [3.05, 3.63) is 75.7 Å². The summed E-state index contributed by atoms with van der Waals surface area (Å²) in [6.07, 6.45) is 0. The maximum atomic E-state index is 6.21. The van der Waals surface area contributed by atoms with Crippen molar-refractivity contribution in [2.45, 2.75) is 0 Å². The molecule has 0 atom stereocenters. The fraction of sp³-hybridized carbons (Fsp3) is 0. The minimum Gasteiger partial charge on any atom is -0.454 e. The Morgan fingerprint density at radius 2 is 1.08 bits per heavy atom. The van der Waals surface area contributed by atoms with Gasteiger partial charge in [-0.3, -0.25) is 0 Å². The molecule has 0 aliphatic carbocycles. The van der Waals surface area contributed by atoms with Crippen molar-refractivity contribution in [3.63, 3.8) is 0 Å². The summed E-state index contributed by atoms with van der Waals surface area (Å²) in [5.41, 5.74) is 6.34. The number of benzene rings is 3. The van der Waals surface area contributed by atoms with E-state index >= 15 is 0 Å². The van der Waals surface area contributed by atoms with Gasteiger partial charge in [0, 0.05) is 6.07 Å². The first-order valence-corrected chi connectivity index (χ1v) is 8.12. The standard InChI is InChI=1S/C18H12Cl3NO2/c19-11-5-1-3-7-15(11)23-17-10-18(14(22)9-13(17)21)24-16-8-4-2-6-12(16)20/h1-10H,22H2. The molecular formula is C18H12Cl3NO2. The van der Waals surface area contributed by atoms with E-state index < -0.39 is 0 Å². The van der Waals surface area contributed by atoms with Crippen LogP contribution in [0.1, 0.15) is 0 Å². The van der Waals surface area contributed by atoms with Gasteiger partial charge in [-0.15, -0.1) is 0 Å². The largest absolute Gasteiger partial charge is 0.454 e. The van der Waals surface area contributed by atoms with Crippen LogP contribution >= 0.6 is 34.8 Å². The Morgan fingerprint density at radius 3 is 1.62 bits per heavy atom. The summed E-state index contributed by atoms with van der Waals surface area (Å²) in [6, 6.07) is 17.3. The third-order valence-corrected chi connectivity index (χ3v) is 4.10. The number of anilines is 1. The van der Waals surface area contributed by atoms with Crippen molar-refractivity contribution in [1.29, 1.82) is 0 Å². The molecular weight excluding hydrogens is 369 g/mol. The highest BCUT2D eigenvalue weighted by Gasteiger charge is 2.13. The lowest BCUT2D eigenvalue weighted by Crippen LogP contribution is -1.95. The van der Waals surface area contributed by atoms with Gasteiger partial charge >= 0.3 is 0 Å². The minimum absolute atomic E-state index is 0.346. The van der Waals surface area contributed by atoms with E-state index in [0.29, 0.717) is 43.8 Å². The molecule has 0 saturated carbocycles. The Kier molecular flexibility index (Phi) is 5.05. The van der Waals surface area contributed by atoms with Crippen LogP contribution in [0.5, 0.6) is 23.0 Å². The van der Waals surface area contributed by atoms with Crippen molar-refractivity contribution in [3.8, 4) is 23.0 Å². The number of hydrogen-bond acceptors (Lipinski definition) is 3. The predicted molar refractivity (Wildman–Crippen MR) is 98.9 cm³/mol.